The molecule has 2 saturated heterocycles. The number of nitrogens with zero attached hydrogens (tertiary/aromatic N) is 2. The van der Waals surface area contributed by atoms with Crippen LogP contribution in [0, 0.1) is 23.7 Å². The standard InChI is InChI=1S/C24H30N2O2/c27-16-22-23(19-9-7-18(8-10-19)6-5-17-3-4-17)21-15-25(24(28)20-11-12-20)13-1-2-14-26(21)22/h7-10,17,20-23,27H,1-4,11-16H2/t21-,22-,23+/m1/s1. The van der Waals surface area contributed by atoms with Crippen molar-refractivity contribution in [2.45, 2.75) is 56.5 Å². The van der Waals surface area contributed by atoms with E-state index in [-0.39, 0.29) is 18.6 Å². The summed E-state index contributed by atoms with van der Waals surface area (Å²) in [5.41, 5.74) is 2.35. The molecular formula is C24H30N2O2. The Balaban J connectivity index is 1.34. The van der Waals surface area contributed by atoms with Crippen LogP contribution in [0.15, 0.2) is 24.3 Å². The second-order valence-electron chi connectivity index (χ2n) is 9.01. The van der Waals surface area contributed by atoms with Gasteiger partial charge in [0.15, 0.2) is 0 Å². The van der Waals surface area contributed by atoms with E-state index in [0.29, 0.717) is 23.8 Å². The molecule has 28 heavy (non-hydrogen) atoms. The summed E-state index contributed by atoms with van der Waals surface area (Å²) in [6.07, 6.45) is 6.80. The van der Waals surface area contributed by atoms with Crippen LogP contribution in [0.5, 0.6) is 0 Å². The topological polar surface area (TPSA) is 43.8 Å². The molecule has 4 nitrogen and oxygen atoms in total. The lowest BCUT2D eigenvalue weighted by Crippen LogP contribution is -2.68. The van der Waals surface area contributed by atoms with Gasteiger partial charge in [-0.2, -0.15) is 0 Å². The number of carbonyl (C=O) groups excluding carboxylic acids is 1. The van der Waals surface area contributed by atoms with Gasteiger partial charge in [-0.1, -0.05) is 24.0 Å². The maximum absolute atomic E-state index is 12.7. The predicted octanol–water partition coefficient (Wildman–Crippen LogP) is 2.61. The second kappa shape index (κ2) is 7.54. The molecule has 4 aliphatic rings. The van der Waals surface area contributed by atoms with E-state index < -0.39 is 0 Å². The number of fused-ring (bicyclic) bond motifs is 1. The van der Waals surface area contributed by atoms with E-state index >= 15 is 0 Å². The van der Waals surface area contributed by atoms with Gasteiger partial charge in [0.25, 0.3) is 0 Å². The van der Waals surface area contributed by atoms with Crippen molar-refractivity contribution in [1.82, 2.24) is 9.80 Å². The minimum Gasteiger partial charge on any atom is -0.395 e. The summed E-state index contributed by atoms with van der Waals surface area (Å²) in [6.45, 7) is 2.91. The highest BCUT2D eigenvalue weighted by molar-refractivity contribution is 5.81. The van der Waals surface area contributed by atoms with E-state index in [1.54, 1.807) is 0 Å². The van der Waals surface area contributed by atoms with E-state index in [2.05, 4.69) is 45.9 Å². The molecule has 0 unspecified atom stereocenters. The number of carbonyl (C=O) groups is 1. The first-order valence-corrected chi connectivity index (χ1v) is 11.0. The third-order valence-electron chi connectivity index (χ3n) is 6.90. The largest absolute Gasteiger partial charge is 0.395 e. The number of benzene rings is 1. The molecule has 2 aliphatic heterocycles. The molecule has 3 atom stereocenters. The minimum atomic E-state index is 0.171. The summed E-state index contributed by atoms with van der Waals surface area (Å²) < 4.78 is 0. The zero-order chi connectivity index (χ0) is 19.1. The average molecular weight is 379 g/mol. The minimum absolute atomic E-state index is 0.171. The van der Waals surface area contributed by atoms with E-state index in [4.69, 9.17) is 0 Å². The number of hydrogen-bond acceptors (Lipinski definition) is 3. The first kappa shape index (κ1) is 18.2. The summed E-state index contributed by atoms with van der Waals surface area (Å²) in [6, 6.07) is 9.11. The Kier molecular flexibility index (Phi) is 4.90. The molecule has 0 bridgehead atoms. The van der Waals surface area contributed by atoms with Crippen LogP contribution in [0.3, 0.4) is 0 Å². The van der Waals surface area contributed by atoms with Crippen LogP contribution < -0.4 is 0 Å². The lowest BCUT2D eigenvalue weighted by molar-refractivity contribution is -0.137. The van der Waals surface area contributed by atoms with Crippen LogP contribution in [0.4, 0.5) is 0 Å². The predicted molar refractivity (Wildman–Crippen MR) is 109 cm³/mol. The maximum Gasteiger partial charge on any atom is 0.225 e. The fourth-order valence-electron chi connectivity index (χ4n) is 4.93. The van der Waals surface area contributed by atoms with E-state index in [9.17, 15) is 9.90 Å². The highest BCUT2D eigenvalue weighted by Gasteiger charge is 2.50. The van der Waals surface area contributed by atoms with Crippen molar-refractivity contribution in [2.75, 3.05) is 26.2 Å². The fourth-order valence-corrected chi connectivity index (χ4v) is 4.93. The molecule has 5 rings (SSSR count). The Hall–Kier alpha value is -1.83. The van der Waals surface area contributed by atoms with Gasteiger partial charge in [0, 0.05) is 48.5 Å². The van der Waals surface area contributed by atoms with Crippen LogP contribution in [0.1, 0.15) is 55.6 Å². The molecule has 2 saturated carbocycles. The quantitative estimate of drug-likeness (QED) is 0.823. The van der Waals surface area contributed by atoms with Crippen molar-refractivity contribution in [2.24, 2.45) is 11.8 Å². The smallest absolute Gasteiger partial charge is 0.225 e. The molecule has 4 heteroatoms. The van der Waals surface area contributed by atoms with Crippen LogP contribution in [0.25, 0.3) is 0 Å². The van der Waals surface area contributed by atoms with Crippen molar-refractivity contribution in [3.8, 4) is 11.8 Å². The van der Waals surface area contributed by atoms with Gasteiger partial charge in [-0.15, -0.1) is 0 Å². The summed E-state index contributed by atoms with van der Waals surface area (Å²) in [5.74, 6) is 8.16. The van der Waals surface area contributed by atoms with Crippen LogP contribution >= 0.6 is 0 Å². The molecule has 1 amide bonds. The third kappa shape index (κ3) is 3.58. The first-order valence-electron chi connectivity index (χ1n) is 11.0. The average Bonchev–Trinajstić information content (AvgIpc) is 3.59. The monoisotopic (exact) mass is 378 g/mol. The number of aliphatic hydroxyl groups excluding tert-OH is 1. The molecule has 2 aliphatic carbocycles. The number of aliphatic hydroxyl groups is 1. The van der Waals surface area contributed by atoms with Crippen LogP contribution in [-0.4, -0.2) is 59.1 Å². The lowest BCUT2D eigenvalue weighted by atomic mass is 9.74. The van der Waals surface area contributed by atoms with Crippen LogP contribution in [-0.2, 0) is 4.79 Å². The molecule has 2 heterocycles. The molecule has 0 radical (unpaired) electrons. The van der Waals surface area contributed by atoms with Crippen molar-refractivity contribution in [1.29, 1.82) is 0 Å². The Morgan fingerprint density at radius 1 is 1.07 bits per heavy atom. The lowest BCUT2D eigenvalue weighted by Gasteiger charge is -2.57. The van der Waals surface area contributed by atoms with Gasteiger partial charge in [-0.3, -0.25) is 9.69 Å². The van der Waals surface area contributed by atoms with Gasteiger partial charge in [0.1, 0.15) is 0 Å². The zero-order valence-corrected chi connectivity index (χ0v) is 16.5. The Morgan fingerprint density at radius 3 is 2.50 bits per heavy atom. The fraction of sp³-hybridized carbons (Fsp3) is 0.625. The Bertz CT molecular complexity index is 785. The molecular weight excluding hydrogens is 348 g/mol. The summed E-state index contributed by atoms with van der Waals surface area (Å²) in [4.78, 5) is 17.3. The maximum atomic E-state index is 12.7. The van der Waals surface area contributed by atoms with Gasteiger partial charge < -0.3 is 10.0 Å². The second-order valence-corrected chi connectivity index (χ2v) is 9.01. The van der Waals surface area contributed by atoms with Crippen molar-refractivity contribution in [3.63, 3.8) is 0 Å². The van der Waals surface area contributed by atoms with Gasteiger partial charge in [0.2, 0.25) is 5.91 Å². The Morgan fingerprint density at radius 2 is 1.82 bits per heavy atom. The normalized spacial score (nSPS) is 30.3. The van der Waals surface area contributed by atoms with Crippen LogP contribution in [0.2, 0.25) is 0 Å². The SMILES string of the molecule is O=C(C1CC1)N1CCCCN2[C@H](CO)[C@@H](c3ccc(C#CC4CC4)cc3)[C@H]2C1. The number of amides is 1. The number of rotatable bonds is 3. The van der Waals surface area contributed by atoms with Crippen molar-refractivity contribution >= 4 is 5.91 Å². The summed E-state index contributed by atoms with van der Waals surface area (Å²) in [7, 11) is 0. The highest BCUT2D eigenvalue weighted by Crippen LogP contribution is 2.42. The van der Waals surface area contributed by atoms with Gasteiger partial charge >= 0.3 is 0 Å². The molecule has 1 aromatic carbocycles. The van der Waals surface area contributed by atoms with E-state index in [1.807, 2.05) is 0 Å². The van der Waals surface area contributed by atoms with E-state index in [1.165, 1.54) is 18.4 Å². The third-order valence-corrected chi connectivity index (χ3v) is 6.90. The molecule has 148 valence electrons. The molecule has 0 aromatic heterocycles. The number of hydrogen-bond donors (Lipinski definition) is 1. The van der Waals surface area contributed by atoms with Gasteiger partial charge in [0.05, 0.1) is 6.61 Å². The molecule has 1 N–H and O–H groups in total. The molecule has 1 aromatic rings. The first-order chi connectivity index (χ1) is 13.7. The van der Waals surface area contributed by atoms with Crippen molar-refractivity contribution < 1.29 is 9.90 Å². The Labute approximate surface area is 167 Å². The van der Waals surface area contributed by atoms with Crippen molar-refractivity contribution in [3.05, 3.63) is 35.4 Å². The molecule has 0 spiro atoms. The highest BCUT2D eigenvalue weighted by atomic mass is 16.3. The summed E-state index contributed by atoms with van der Waals surface area (Å²) in [5, 5.41) is 10.1. The van der Waals surface area contributed by atoms with Gasteiger partial charge in [-0.05, 0) is 62.8 Å². The summed E-state index contributed by atoms with van der Waals surface area (Å²) >= 11 is 0. The van der Waals surface area contributed by atoms with E-state index in [0.717, 1.165) is 50.9 Å². The van der Waals surface area contributed by atoms with Gasteiger partial charge in [-0.25, -0.2) is 0 Å². The molecule has 4 fully saturated rings. The zero-order valence-electron chi connectivity index (χ0n) is 16.5.